The molecule has 0 radical (unpaired) electrons. The molecule has 0 spiro atoms. The highest BCUT2D eigenvalue weighted by atomic mass is 32.2. The minimum absolute atomic E-state index is 0.219. The van der Waals surface area contributed by atoms with E-state index in [0.29, 0.717) is 22.2 Å². The third-order valence-electron chi connectivity index (χ3n) is 3.87. The number of imidazole rings is 1. The first-order chi connectivity index (χ1) is 12.5. The molecule has 0 bridgehead atoms. The van der Waals surface area contributed by atoms with Gasteiger partial charge in [-0.25, -0.2) is 4.98 Å². The molecule has 0 saturated heterocycles. The van der Waals surface area contributed by atoms with E-state index in [-0.39, 0.29) is 13.2 Å². The number of halogens is 3. The standard InChI is InChI=1S/C19H17F3N2OS/c20-19(21,22)16-8-4-7-15(9-16)11-24-17(12-25)10-23-18(24)26-13-14-5-2-1-3-6-14/h1-10,25H,11-13H2. The van der Waals surface area contributed by atoms with Crippen LogP contribution >= 0.6 is 11.8 Å². The lowest BCUT2D eigenvalue weighted by Gasteiger charge is -2.13. The zero-order valence-electron chi connectivity index (χ0n) is 13.8. The van der Waals surface area contributed by atoms with Gasteiger partial charge < -0.3 is 9.67 Å². The highest BCUT2D eigenvalue weighted by molar-refractivity contribution is 7.98. The zero-order chi connectivity index (χ0) is 18.6. The van der Waals surface area contributed by atoms with Crippen molar-refractivity contribution >= 4 is 11.8 Å². The van der Waals surface area contributed by atoms with Crippen LogP contribution in [0.5, 0.6) is 0 Å². The number of aliphatic hydroxyl groups excluding tert-OH is 1. The molecule has 0 unspecified atom stereocenters. The van der Waals surface area contributed by atoms with E-state index in [1.807, 2.05) is 30.3 Å². The van der Waals surface area contributed by atoms with Crippen molar-refractivity contribution in [3.05, 3.63) is 83.2 Å². The Kier molecular flexibility index (Phi) is 5.68. The van der Waals surface area contributed by atoms with Gasteiger partial charge >= 0.3 is 6.18 Å². The molecule has 0 saturated carbocycles. The summed E-state index contributed by atoms with van der Waals surface area (Å²) in [5.41, 5.74) is 1.52. The summed E-state index contributed by atoms with van der Waals surface area (Å²) in [7, 11) is 0. The molecule has 2 aromatic carbocycles. The molecule has 26 heavy (non-hydrogen) atoms. The lowest BCUT2D eigenvalue weighted by Crippen LogP contribution is -2.09. The molecule has 1 aromatic heterocycles. The Morgan fingerprint density at radius 2 is 1.73 bits per heavy atom. The third-order valence-corrected chi connectivity index (χ3v) is 4.93. The molecule has 0 fully saturated rings. The van der Waals surface area contributed by atoms with E-state index < -0.39 is 11.7 Å². The van der Waals surface area contributed by atoms with Crippen LogP contribution < -0.4 is 0 Å². The van der Waals surface area contributed by atoms with Gasteiger partial charge in [-0.1, -0.05) is 54.2 Å². The van der Waals surface area contributed by atoms with Gasteiger partial charge in [-0.3, -0.25) is 0 Å². The predicted octanol–water partition coefficient (Wildman–Crippen LogP) is 4.73. The van der Waals surface area contributed by atoms with Crippen molar-refractivity contribution < 1.29 is 18.3 Å². The topological polar surface area (TPSA) is 38.1 Å². The van der Waals surface area contributed by atoms with E-state index in [9.17, 15) is 18.3 Å². The second kappa shape index (κ2) is 7.97. The summed E-state index contributed by atoms with van der Waals surface area (Å²) in [6, 6.07) is 15.1. The van der Waals surface area contributed by atoms with Crippen LogP contribution in [-0.2, 0) is 25.1 Å². The highest BCUT2D eigenvalue weighted by Crippen LogP contribution is 2.30. The van der Waals surface area contributed by atoms with Gasteiger partial charge in [-0.05, 0) is 23.3 Å². The van der Waals surface area contributed by atoms with Gasteiger partial charge in [-0.2, -0.15) is 13.2 Å². The number of aliphatic hydroxyl groups is 1. The summed E-state index contributed by atoms with van der Waals surface area (Å²) in [4.78, 5) is 4.31. The second-order valence-corrected chi connectivity index (χ2v) is 6.69. The summed E-state index contributed by atoms with van der Waals surface area (Å²) in [5.74, 6) is 0.686. The highest BCUT2D eigenvalue weighted by Gasteiger charge is 2.30. The number of hydrogen-bond donors (Lipinski definition) is 1. The molecule has 136 valence electrons. The molecular formula is C19H17F3N2OS. The van der Waals surface area contributed by atoms with E-state index in [0.717, 1.165) is 17.7 Å². The smallest absolute Gasteiger partial charge is 0.390 e. The normalized spacial score (nSPS) is 11.7. The van der Waals surface area contributed by atoms with Crippen LogP contribution in [0.3, 0.4) is 0 Å². The second-order valence-electron chi connectivity index (χ2n) is 5.75. The van der Waals surface area contributed by atoms with E-state index in [4.69, 9.17) is 0 Å². The quantitative estimate of drug-likeness (QED) is 0.630. The van der Waals surface area contributed by atoms with Gasteiger partial charge in [0.15, 0.2) is 5.16 Å². The van der Waals surface area contributed by atoms with Crippen LogP contribution in [0.4, 0.5) is 13.2 Å². The summed E-state index contributed by atoms with van der Waals surface area (Å²) in [6.45, 7) is -0.00516. The van der Waals surface area contributed by atoms with Crippen LogP contribution in [0.15, 0.2) is 66.0 Å². The van der Waals surface area contributed by atoms with Crippen molar-refractivity contribution in [2.45, 2.75) is 30.2 Å². The van der Waals surface area contributed by atoms with Gasteiger partial charge in [0.25, 0.3) is 0 Å². The van der Waals surface area contributed by atoms with E-state index in [1.54, 1.807) is 16.8 Å². The first-order valence-corrected chi connectivity index (χ1v) is 8.94. The van der Waals surface area contributed by atoms with Crippen LogP contribution in [0.2, 0.25) is 0 Å². The summed E-state index contributed by atoms with van der Waals surface area (Å²) in [5, 5.41) is 10.2. The lowest BCUT2D eigenvalue weighted by molar-refractivity contribution is -0.137. The molecule has 0 aliphatic heterocycles. The molecular weight excluding hydrogens is 361 g/mol. The van der Waals surface area contributed by atoms with Crippen LogP contribution in [0, 0.1) is 0 Å². The fourth-order valence-corrected chi connectivity index (χ4v) is 3.51. The van der Waals surface area contributed by atoms with E-state index in [2.05, 4.69) is 4.98 Å². The fourth-order valence-electron chi connectivity index (χ4n) is 2.55. The van der Waals surface area contributed by atoms with Crippen LogP contribution in [0.25, 0.3) is 0 Å². The van der Waals surface area contributed by atoms with Crippen molar-refractivity contribution in [2.75, 3.05) is 0 Å². The molecule has 0 amide bonds. The van der Waals surface area contributed by atoms with Gasteiger partial charge in [0.1, 0.15) is 0 Å². The Morgan fingerprint density at radius 3 is 2.42 bits per heavy atom. The summed E-state index contributed by atoms with van der Waals surface area (Å²) < 4.78 is 40.5. The number of alkyl halides is 3. The van der Waals surface area contributed by atoms with Crippen molar-refractivity contribution in [2.24, 2.45) is 0 Å². The Labute approximate surface area is 153 Å². The molecule has 1 N–H and O–H groups in total. The number of thioether (sulfide) groups is 1. The molecule has 7 heteroatoms. The van der Waals surface area contributed by atoms with Crippen LogP contribution in [-0.4, -0.2) is 14.7 Å². The number of benzene rings is 2. The predicted molar refractivity (Wildman–Crippen MR) is 94.7 cm³/mol. The van der Waals surface area contributed by atoms with Crippen molar-refractivity contribution in [3.8, 4) is 0 Å². The lowest BCUT2D eigenvalue weighted by atomic mass is 10.1. The van der Waals surface area contributed by atoms with Gasteiger partial charge in [0.2, 0.25) is 0 Å². The van der Waals surface area contributed by atoms with Gasteiger partial charge in [-0.15, -0.1) is 0 Å². The maximum absolute atomic E-state index is 12.9. The summed E-state index contributed by atoms with van der Waals surface area (Å²) in [6.07, 6.45) is -2.82. The third kappa shape index (κ3) is 4.47. The summed E-state index contributed by atoms with van der Waals surface area (Å²) >= 11 is 1.48. The zero-order valence-corrected chi connectivity index (χ0v) is 14.6. The largest absolute Gasteiger partial charge is 0.416 e. The molecule has 0 aliphatic carbocycles. The van der Waals surface area contributed by atoms with Crippen LogP contribution in [0.1, 0.15) is 22.4 Å². The average Bonchev–Trinajstić information content (AvgIpc) is 3.02. The Morgan fingerprint density at radius 1 is 1.00 bits per heavy atom. The Balaban J connectivity index is 1.82. The number of rotatable bonds is 6. The van der Waals surface area contributed by atoms with Crippen molar-refractivity contribution in [1.29, 1.82) is 0 Å². The Bertz CT molecular complexity index is 863. The number of nitrogens with zero attached hydrogens (tertiary/aromatic N) is 2. The first-order valence-electron chi connectivity index (χ1n) is 7.95. The molecule has 0 atom stereocenters. The molecule has 3 aromatic rings. The van der Waals surface area contributed by atoms with E-state index >= 15 is 0 Å². The molecule has 0 aliphatic rings. The Hall–Kier alpha value is -2.25. The minimum Gasteiger partial charge on any atom is -0.390 e. The molecule has 1 heterocycles. The maximum Gasteiger partial charge on any atom is 0.416 e. The first kappa shape index (κ1) is 18.5. The number of hydrogen-bond acceptors (Lipinski definition) is 3. The maximum atomic E-state index is 12.9. The molecule has 3 nitrogen and oxygen atoms in total. The van der Waals surface area contributed by atoms with Gasteiger partial charge in [0, 0.05) is 12.3 Å². The van der Waals surface area contributed by atoms with Crippen molar-refractivity contribution in [3.63, 3.8) is 0 Å². The van der Waals surface area contributed by atoms with E-state index in [1.165, 1.54) is 17.8 Å². The van der Waals surface area contributed by atoms with Gasteiger partial charge in [0.05, 0.1) is 24.1 Å². The number of aromatic nitrogens is 2. The monoisotopic (exact) mass is 378 g/mol. The fraction of sp³-hybridized carbons (Fsp3) is 0.211. The molecule has 3 rings (SSSR count). The SMILES string of the molecule is OCc1cnc(SCc2ccccc2)n1Cc1cccc(C(F)(F)F)c1. The average molecular weight is 378 g/mol. The van der Waals surface area contributed by atoms with Crippen molar-refractivity contribution in [1.82, 2.24) is 9.55 Å². The minimum atomic E-state index is -4.38.